The van der Waals surface area contributed by atoms with Crippen LogP contribution in [0.1, 0.15) is 0 Å². The molecule has 0 N–H and O–H groups in total. The Labute approximate surface area is 318 Å². The maximum atomic E-state index is 5.33. The molecule has 0 aliphatic heterocycles. The molecule has 0 spiro atoms. The fraction of sp³-hybridized carbons (Fsp3) is 0. The van der Waals surface area contributed by atoms with Crippen LogP contribution in [0, 0.1) is 0 Å². The second-order valence-electron chi connectivity index (χ2n) is 14.2. The smallest absolute Gasteiger partial charge is 0.162 e. The molecule has 2 aromatic heterocycles. The van der Waals surface area contributed by atoms with Gasteiger partial charge in [-0.2, -0.15) is 0 Å². The van der Waals surface area contributed by atoms with Crippen LogP contribution in [0.25, 0.3) is 105 Å². The van der Waals surface area contributed by atoms with Gasteiger partial charge >= 0.3 is 0 Å². The van der Waals surface area contributed by atoms with Crippen molar-refractivity contribution in [2.24, 2.45) is 0 Å². The normalized spacial score (nSPS) is 11.6. The summed E-state index contributed by atoms with van der Waals surface area (Å²) >= 11 is 0. The standard InChI is InChI=1S/C52H33N3/c1-2-12-34(13-3-1)35-22-24-37(25-23-35)47-33-50(55-48-20-10-8-18-43(48)44-19-9-11-21-49(44)55)54-52(53-47)39-28-26-38(27-29-39)51-42-17-7-5-15-40(42)32-46-41-16-6-4-14-36(41)30-31-45(46)51/h1-33H. The van der Waals surface area contributed by atoms with E-state index in [9.17, 15) is 0 Å². The molecule has 0 aliphatic rings. The van der Waals surface area contributed by atoms with Crippen LogP contribution >= 0.6 is 0 Å². The molecule has 0 saturated heterocycles. The summed E-state index contributed by atoms with van der Waals surface area (Å²) in [5, 5.41) is 9.90. The summed E-state index contributed by atoms with van der Waals surface area (Å²) in [4.78, 5) is 10.6. The summed E-state index contributed by atoms with van der Waals surface area (Å²) in [6, 6.07) is 71.5. The number of benzene rings is 9. The molecular weight excluding hydrogens is 667 g/mol. The first-order chi connectivity index (χ1) is 27.3. The maximum Gasteiger partial charge on any atom is 0.162 e. The van der Waals surface area contributed by atoms with Crippen LogP contribution in [0.2, 0.25) is 0 Å². The van der Waals surface area contributed by atoms with Gasteiger partial charge in [-0.25, -0.2) is 9.97 Å². The molecule has 0 saturated carbocycles. The summed E-state index contributed by atoms with van der Waals surface area (Å²) < 4.78 is 2.28. The summed E-state index contributed by atoms with van der Waals surface area (Å²) in [6.07, 6.45) is 0. The second kappa shape index (κ2) is 12.6. The van der Waals surface area contributed by atoms with E-state index >= 15 is 0 Å². The fourth-order valence-corrected chi connectivity index (χ4v) is 8.38. The highest BCUT2D eigenvalue weighted by atomic mass is 15.1. The van der Waals surface area contributed by atoms with Crippen molar-refractivity contribution in [3.05, 3.63) is 200 Å². The molecule has 9 aromatic carbocycles. The third-order valence-electron chi connectivity index (χ3n) is 11.0. The summed E-state index contributed by atoms with van der Waals surface area (Å²) in [5.41, 5.74) is 9.87. The van der Waals surface area contributed by atoms with Gasteiger partial charge in [0.05, 0.1) is 16.7 Å². The van der Waals surface area contributed by atoms with E-state index in [0.29, 0.717) is 5.82 Å². The SMILES string of the molecule is c1ccc(-c2ccc(-c3cc(-n4c5ccccc5c5ccccc54)nc(-c4ccc(-c5c6ccccc6cc6c5ccc5ccccc56)cc4)n3)cc2)cc1. The van der Waals surface area contributed by atoms with Gasteiger partial charge in [0.2, 0.25) is 0 Å². The first kappa shape index (κ1) is 31.2. The largest absolute Gasteiger partial charge is 0.294 e. The van der Waals surface area contributed by atoms with Gasteiger partial charge in [-0.3, -0.25) is 4.57 Å². The Bertz CT molecular complexity index is 3180. The Morgan fingerprint density at radius 2 is 0.855 bits per heavy atom. The zero-order valence-electron chi connectivity index (χ0n) is 29.9. The van der Waals surface area contributed by atoms with Gasteiger partial charge in [0, 0.05) is 28.0 Å². The van der Waals surface area contributed by atoms with E-state index in [-0.39, 0.29) is 0 Å². The third kappa shape index (κ3) is 5.20. The van der Waals surface area contributed by atoms with Crippen molar-refractivity contribution >= 4 is 54.1 Å². The van der Waals surface area contributed by atoms with E-state index in [4.69, 9.17) is 9.97 Å². The summed E-state index contributed by atoms with van der Waals surface area (Å²) in [7, 11) is 0. The van der Waals surface area contributed by atoms with Gasteiger partial charge in [-0.05, 0) is 72.8 Å². The quantitative estimate of drug-likeness (QED) is 0.132. The molecule has 0 aliphatic carbocycles. The molecule has 0 bridgehead atoms. The second-order valence-corrected chi connectivity index (χ2v) is 14.2. The van der Waals surface area contributed by atoms with Crippen LogP contribution in [0.5, 0.6) is 0 Å². The minimum absolute atomic E-state index is 0.682. The van der Waals surface area contributed by atoms with E-state index in [1.165, 1.54) is 59.8 Å². The zero-order valence-corrected chi connectivity index (χ0v) is 29.9. The lowest BCUT2D eigenvalue weighted by Crippen LogP contribution is -2.02. The van der Waals surface area contributed by atoms with Crippen molar-refractivity contribution in [3.63, 3.8) is 0 Å². The van der Waals surface area contributed by atoms with E-state index in [2.05, 4.69) is 205 Å². The number of fused-ring (bicyclic) bond motifs is 7. The molecule has 55 heavy (non-hydrogen) atoms. The van der Waals surface area contributed by atoms with Crippen molar-refractivity contribution in [3.8, 4) is 50.7 Å². The van der Waals surface area contributed by atoms with E-state index in [1.54, 1.807) is 0 Å². The van der Waals surface area contributed by atoms with Crippen molar-refractivity contribution in [2.75, 3.05) is 0 Å². The molecule has 11 aromatic rings. The van der Waals surface area contributed by atoms with Crippen molar-refractivity contribution in [1.29, 1.82) is 0 Å². The molecule has 3 heteroatoms. The van der Waals surface area contributed by atoms with Crippen LogP contribution in [0.4, 0.5) is 0 Å². The van der Waals surface area contributed by atoms with Crippen molar-refractivity contribution in [2.45, 2.75) is 0 Å². The maximum absolute atomic E-state index is 5.33. The van der Waals surface area contributed by atoms with Gasteiger partial charge in [-0.15, -0.1) is 0 Å². The van der Waals surface area contributed by atoms with Gasteiger partial charge in [0.25, 0.3) is 0 Å². The number of hydrogen-bond donors (Lipinski definition) is 0. The van der Waals surface area contributed by atoms with Crippen LogP contribution in [-0.4, -0.2) is 14.5 Å². The highest BCUT2D eigenvalue weighted by molar-refractivity contribution is 6.20. The van der Waals surface area contributed by atoms with E-state index in [0.717, 1.165) is 39.2 Å². The van der Waals surface area contributed by atoms with E-state index in [1.807, 2.05) is 0 Å². The average Bonchev–Trinajstić information content (AvgIpc) is 3.60. The first-order valence-electron chi connectivity index (χ1n) is 18.7. The lowest BCUT2D eigenvalue weighted by Gasteiger charge is -2.15. The fourth-order valence-electron chi connectivity index (χ4n) is 8.38. The van der Waals surface area contributed by atoms with Gasteiger partial charge in [0.1, 0.15) is 5.82 Å². The molecule has 3 nitrogen and oxygen atoms in total. The Hall–Kier alpha value is -7.36. The molecule has 2 heterocycles. The zero-order chi connectivity index (χ0) is 36.3. The highest BCUT2D eigenvalue weighted by Gasteiger charge is 2.17. The summed E-state index contributed by atoms with van der Waals surface area (Å²) in [6.45, 7) is 0. The number of aromatic nitrogens is 3. The molecule has 0 fully saturated rings. The predicted molar refractivity (Wildman–Crippen MR) is 231 cm³/mol. The number of para-hydroxylation sites is 2. The van der Waals surface area contributed by atoms with Crippen LogP contribution in [0.3, 0.4) is 0 Å². The molecular formula is C52H33N3. The van der Waals surface area contributed by atoms with Crippen molar-refractivity contribution < 1.29 is 0 Å². The first-order valence-corrected chi connectivity index (χ1v) is 18.7. The number of rotatable bonds is 5. The van der Waals surface area contributed by atoms with Crippen molar-refractivity contribution in [1.82, 2.24) is 14.5 Å². The Kier molecular flexibility index (Phi) is 7.17. The molecule has 0 radical (unpaired) electrons. The van der Waals surface area contributed by atoms with Gasteiger partial charge in [0.15, 0.2) is 5.82 Å². The Balaban J connectivity index is 1.09. The van der Waals surface area contributed by atoms with Crippen LogP contribution < -0.4 is 0 Å². The number of hydrogen-bond acceptors (Lipinski definition) is 2. The molecule has 256 valence electrons. The van der Waals surface area contributed by atoms with Gasteiger partial charge in [-0.1, -0.05) is 176 Å². The topological polar surface area (TPSA) is 30.7 Å². The molecule has 0 amide bonds. The highest BCUT2D eigenvalue weighted by Crippen LogP contribution is 2.40. The lowest BCUT2D eigenvalue weighted by atomic mass is 9.89. The monoisotopic (exact) mass is 699 g/mol. The lowest BCUT2D eigenvalue weighted by molar-refractivity contribution is 1.05. The van der Waals surface area contributed by atoms with E-state index < -0.39 is 0 Å². The number of nitrogens with zero attached hydrogens (tertiary/aromatic N) is 3. The average molecular weight is 700 g/mol. The Morgan fingerprint density at radius 3 is 1.58 bits per heavy atom. The molecule has 0 atom stereocenters. The van der Waals surface area contributed by atoms with Gasteiger partial charge < -0.3 is 0 Å². The third-order valence-corrected chi connectivity index (χ3v) is 11.0. The Morgan fingerprint density at radius 1 is 0.309 bits per heavy atom. The minimum Gasteiger partial charge on any atom is -0.294 e. The van der Waals surface area contributed by atoms with Crippen LogP contribution in [-0.2, 0) is 0 Å². The van der Waals surface area contributed by atoms with Crippen LogP contribution in [0.15, 0.2) is 200 Å². The predicted octanol–water partition coefficient (Wildman–Crippen LogP) is 13.7. The molecule has 11 rings (SSSR count). The summed E-state index contributed by atoms with van der Waals surface area (Å²) in [5.74, 6) is 1.52. The minimum atomic E-state index is 0.682. The molecule has 0 unspecified atom stereocenters.